The van der Waals surface area contributed by atoms with E-state index in [4.69, 9.17) is 4.42 Å². The highest BCUT2D eigenvalue weighted by Gasteiger charge is 2.30. The lowest BCUT2D eigenvalue weighted by atomic mass is 10.1. The van der Waals surface area contributed by atoms with Crippen molar-refractivity contribution in [3.63, 3.8) is 0 Å². The molecule has 0 aliphatic heterocycles. The minimum atomic E-state index is -4.44. The molecular formula is C24H16F3N5OS. The fourth-order valence-electron chi connectivity index (χ4n) is 3.37. The maximum absolute atomic E-state index is 13.0. The van der Waals surface area contributed by atoms with E-state index in [1.807, 2.05) is 36.4 Å². The molecule has 0 saturated carbocycles. The zero-order valence-electron chi connectivity index (χ0n) is 17.5. The Kier molecular flexibility index (Phi) is 5.89. The van der Waals surface area contributed by atoms with Crippen molar-refractivity contribution in [3.8, 4) is 11.5 Å². The van der Waals surface area contributed by atoms with Crippen molar-refractivity contribution in [2.45, 2.75) is 17.0 Å². The van der Waals surface area contributed by atoms with Crippen molar-refractivity contribution < 1.29 is 17.6 Å². The first-order valence-corrected chi connectivity index (χ1v) is 11.1. The maximum atomic E-state index is 13.0. The van der Waals surface area contributed by atoms with Crippen LogP contribution in [0.15, 0.2) is 88.6 Å². The number of para-hydroxylation sites is 1. The van der Waals surface area contributed by atoms with Gasteiger partial charge in [-0.05, 0) is 48.0 Å². The Bertz CT molecular complexity index is 1450. The van der Waals surface area contributed by atoms with Crippen molar-refractivity contribution >= 4 is 34.4 Å². The van der Waals surface area contributed by atoms with Crippen LogP contribution < -0.4 is 5.32 Å². The van der Waals surface area contributed by atoms with Crippen LogP contribution in [-0.4, -0.2) is 20.2 Å². The molecule has 2 aromatic carbocycles. The van der Waals surface area contributed by atoms with E-state index in [1.54, 1.807) is 18.5 Å². The largest absolute Gasteiger partial charge is 0.416 e. The Morgan fingerprint density at radius 2 is 1.76 bits per heavy atom. The number of pyridine rings is 2. The smallest absolute Gasteiger partial charge is 0.403 e. The van der Waals surface area contributed by atoms with Gasteiger partial charge in [-0.25, -0.2) is 4.98 Å². The number of benzene rings is 2. The van der Waals surface area contributed by atoms with Crippen LogP contribution in [0.5, 0.6) is 0 Å². The van der Waals surface area contributed by atoms with Crippen molar-refractivity contribution in [1.29, 1.82) is 0 Å². The summed E-state index contributed by atoms with van der Waals surface area (Å²) in [5.41, 5.74) is 2.09. The molecule has 0 spiro atoms. The third-order valence-corrected chi connectivity index (χ3v) is 6.03. The number of hydrogen-bond donors (Lipinski definition) is 1. The summed E-state index contributed by atoms with van der Waals surface area (Å²) in [4.78, 5) is 8.85. The second-order valence-corrected chi connectivity index (χ2v) is 8.21. The molecule has 3 aromatic heterocycles. The van der Waals surface area contributed by atoms with Crippen LogP contribution >= 0.6 is 11.8 Å². The number of rotatable bonds is 6. The van der Waals surface area contributed by atoms with Crippen molar-refractivity contribution in [2.75, 3.05) is 5.32 Å². The van der Waals surface area contributed by atoms with E-state index >= 15 is 0 Å². The molecule has 170 valence electrons. The summed E-state index contributed by atoms with van der Waals surface area (Å²) in [6.45, 7) is 0. The van der Waals surface area contributed by atoms with Gasteiger partial charge in [0.2, 0.25) is 0 Å². The van der Waals surface area contributed by atoms with E-state index < -0.39 is 11.7 Å². The summed E-state index contributed by atoms with van der Waals surface area (Å²) in [5.74, 6) is 0.862. The molecule has 0 unspecified atom stereocenters. The molecule has 1 N–H and O–H groups in total. The van der Waals surface area contributed by atoms with Crippen LogP contribution in [0.3, 0.4) is 0 Å². The molecule has 0 radical (unpaired) electrons. The fraction of sp³-hybridized carbons (Fsp3) is 0.0833. The lowest BCUT2D eigenvalue weighted by molar-refractivity contribution is -0.137. The second-order valence-electron chi connectivity index (χ2n) is 7.25. The molecule has 10 heteroatoms. The van der Waals surface area contributed by atoms with E-state index in [9.17, 15) is 13.2 Å². The summed E-state index contributed by atoms with van der Waals surface area (Å²) < 4.78 is 44.6. The molecule has 0 bridgehead atoms. The van der Waals surface area contributed by atoms with Gasteiger partial charge in [0.15, 0.2) is 0 Å². The predicted molar refractivity (Wildman–Crippen MR) is 124 cm³/mol. The fourth-order valence-corrected chi connectivity index (χ4v) is 4.37. The number of aromatic nitrogens is 4. The average Bonchev–Trinajstić information content (AvgIpc) is 3.31. The van der Waals surface area contributed by atoms with E-state index in [0.717, 1.165) is 28.6 Å². The van der Waals surface area contributed by atoms with E-state index in [2.05, 4.69) is 25.5 Å². The zero-order chi connectivity index (χ0) is 23.5. The van der Waals surface area contributed by atoms with Crippen molar-refractivity contribution in [1.82, 2.24) is 20.2 Å². The Morgan fingerprint density at radius 3 is 2.65 bits per heavy atom. The summed E-state index contributed by atoms with van der Waals surface area (Å²) in [6.07, 6.45) is -0.990. The molecule has 6 nitrogen and oxygen atoms in total. The number of alkyl halides is 3. The Labute approximate surface area is 196 Å². The number of fused-ring (bicyclic) bond motifs is 1. The van der Waals surface area contributed by atoms with Gasteiger partial charge in [0.05, 0.1) is 16.6 Å². The molecule has 0 saturated heterocycles. The monoisotopic (exact) mass is 479 g/mol. The standard InChI is InChI=1S/C24H16F3N5OS/c25-24(26,27)16-5-3-6-17(13-16)30-23-32-31-21(33-23)19-8-4-11-29-22(19)34-14-15-10-12-28-20-9-2-1-7-18(15)20/h1-13H,14H2,(H,30,32). The van der Waals surface area contributed by atoms with Gasteiger partial charge in [0.25, 0.3) is 5.89 Å². The third kappa shape index (κ3) is 4.72. The minimum Gasteiger partial charge on any atom is -0.403 e. The number of nitrogens with zero attached hydrogens (tertiary/aromatic N) is 4. The molecular weight excluding hydrogens is 463 g/mol. The van der Waals surface area contributed by atoms with Gasteiger partial charge >= 0.3 is 12.2 Å². The summed E-state index contributed by atoms with van der Waals surface area (Å²) in [6, 6.07) is 18.2. The summed E-state index contributed by atoms with van der Waals surface area (Å²) in [5, 5.41) is 12.5. The highest BCUT2D eigenvalue weighted by Crippen LogP contribution is 2.34. The second kappa shape index (κ2) is 9.14. The molecule has 0 aliphatic rings. The van der Waals surface area contributed by atoms with E-state index in [1.165, 1.54) is 23.9 Å². The highest BCUT2D eigenvalue weighted by atomic mass is 32.2. The van der Waals surface area contributed by atoms with Gasteiger partial charge in [-0.2, -0.15) is 13.2 Å². The highest BCUT2D eigenvalue weighted by molar-refractivity contribution is 7.98. The Morgan fingerprint density at radius 1 is 0.882 bits per heavy atom. The van der Waals surface area contributed by atoms with Crippen molar-refractivity contribution in [2.24, 2.45) is 0 Å². The molecule has 3 heterocycles. The number of thioether (sulfide) groups is 1. The Balaban J connectivity index is 1.36. The van der Waals surface area contributed by atoms with Crippen LogP contribution in [-0.2, 0) is 11.9 Å². The minimum absolute atomic E-state index is 0.0192. The Hall–Kier alpha value is -3.92. The SMILES string of the molecule is FC(F)(F)c1cccc(Nc2nnc(-c3cccnc3SCc3ccnc4ccccc34)o2)c1. The molecule has 5 aromatic rings. The van der Waals surface area contributed by atoms with Crippen LogP contribution in [0.25, 0.3) is 22.4 Å². The zero-order valence-corrected chi connectivity index (χ0v) is 18.3. The van der Waals surface area contributed by atoms with Crippen molar-refractivity contribution in [3.05, 3.63) is 90.3 Å². The summed E-state index contributed by atoms with van der Waals surface area (Å²) >= 11 is 1.52. The van der Waals surface area contributed by atoms with Crippen LogP contribution in [0.1, 0.15) is 11.1 Å². The lowest BCUT2D eigenvalue weighted by Gasteiger charge is -2.08. The number of halogens is 3. The topological polar surface area (TPSA) is 76.7 Å². The average molecular weight is 479 g/mol. The first-order valence-electron chi connectivity index (χ1n) is 10.2. The lowest BCUT2D eigenvalue weighted by Crippen LogP contribution is -2.05. The normalized spacial score (nSPS) is 11.6. The quantitative estimate of drug-likeness (QED) is 0.270. The van der Waals surface area contributed by atoms with E-state index in [0.29, 0.717) is 16.3 Å². The molecule has 5 rings (SSSR count). The number of nitrogens with one attached hydrogen (secondary N) is 1. The molecule has 0 fully saturated rings. The molecule has 0 amide bonds. The van der Waals surface area contributed by atoms with E-state index in [-0.39, 0.29) is 17.6 Å². The first-order chi connectivity index (χ1) is 16.5. The van der Waals surface area contributed by atoms with Gasteiger partial charge in [0, 0.05) is 29.2 Å². The van der Waals surface area contributed by atoms with Gasteiger partial charge < -0.3 is 9.73 Å². The van der Waals surface area contributed by atoms with Gasteiger partial charge in [-0.1, -0.05) is 29.4 Å². The predicted octanol–water partition coefficient (Wildman–Crippen LogP) is 6.73. The van der Waals surface area contributed by atoms with Crippen LogP contribution in [0, 0.1) is 0 Å². The first kappa shape index (κ1) is 21.9. The summed E-state index contributed by atoms with van der Waals surface area (Å²) in [7, 11) is 0. The van der Waals surface area contributed by atoms with Crippen LogP contribution in [0.4, 0.5) is 24.9 Å². The van der Waals surface area contributed by atoms with Gasteiger partial charge in [-0.3, -0.25) is 4.98 Å². The molecule has 34 heavy (non-hydrogen) atoms. The number of anilines is 2. The van der Waals surface area contributed by atoms with Gasteiger partial charge in [0.1, 0.15) is 5.03 Å². The molecule has 0 atom stereocenters. The molecule has 0 aliphatic carbocycles. The third-order valence-electron chi connectivity index (χ3n) is 4.97. The van der Waals surface area contributed by atoms with Gasteiger partial charge in [-0.15, -0.1) is 16.9 Å². The maximum Gasteiger partial charge on any atom is 0.416 e. The van der Waals surface area contributed by atoms with Crippen LogP contribution in [0.2, 0.25) is 0 Å². The number of hydrogen-bond acceptors (Lipinski definition) is 7.